The number of likely N-dealkylation sites (tertiary alicyclic amines) is 1. The molecule has 5 aromatic rings. The predicted octanol–water partition coefficient (Wildman–Crippen LogP) is 7.00. The number of nitrogens with one attached hydrogen (secondary N) is 2. The topological polar surface area (TPSA) is 103 Å². The van der Waals surface area contributed by atoms with Gasteiger partial charge in [0.1, 0.15) is 5.54 Å². The van der Waals surface area contributed by atoms with Crippen LogP contribution in [0, 0.1) is 5.92 Å². The molecule has 4 atom stereocenters. The first-order chi connectivity index (χ1) is 26.9. The predicted molar refractivity (Wildman–Crippen MR) is 213 cm³/mol. The highest BCUT2D eigenvalue weighted by Crippen LogP contribution is 2.43. The van der Waals surface area contributed by atoms with Crippen LogP contribution in [0.15, 0.2) is 133 Å². The number of carbonyl (C=O) groups is 2. The summed E-state index contributed by atoms with van der Waals surface area (Å²) in [7, 11) is 0. The van der Waals surface area contributed by atoms with Gasteiger partial charge in [0.05, 0.1) is 25.5 Å². The maximum atomic E-state index is 13.3. The van der Waals surface area contributed by atoms with Gasteiger partial charge in [-0.2, -0.15) is 0 Å². The van der Waals surface area contributed by atoms with Crippen molar-refractivity contribution in [2.24, 2.45) is 5.92 Å². The Morgan fingerprint density at radius 2 is 1.49 bits per heavy atom. The number of rotatable bonds is 10. The number of ether oxygens (including phenoxy) is 2. The summed E-state index contributed by atoms with van der Waals surface area (Å²) in [5, 5.41) is 15.9. The number of hydrogen-bond donors (Lipinski definition) is 3. The van der Waals surface area contributed by atoms with Gasteiger partial charge in [0.25, 0.3) is 5.91 Å². The van der Waals surface area contributed by atoms with Crippen LogP contribution in [-0.4, -0.2) is 59.8 Å². The summed E-state index contributed by atoms with van der Waals surface area (Å²) in [5.41, 5.74) is 7.04. The molecule has 1 spiro atoms. The molecule has 3 heterocycles. The number of piperidine rings is 1. The zero-order chi connectivity index (χ0) is 37.8. The molecule has 0 aliphatic carbocycles. The molecule has 0 saturated carbocycles. The van der Waals surface area contributed by atoms with E-state index >= 15 is 0 Å². The second-order valence-electron chi connectivity index (χ2n) is 15.0. The van der Waals surface area contributed by atoms with E-state index in [1.165, 1.54) is 0 Å². The maximum Gasteiger partial charge on any atom is 0.251 e. The molecule has 4 unspecified atom stereocenters. The molecule has 0 aromatic heterocycles. The van der Waals surface area contributed by atoms with E-state index in [9.17, 15) is 14.7 Å². The molecule has 3 saturated heterocycles. The van der Waals surface area contributed by atoms with Crippen LogP contribution in [0.25, 0.3) is 11.1 Å². The molecular weight excluding hydrogens is 689 g/mol. The van der Waals surface area contributed by atoms with E-state index in [-0.39, 0.29) is 36.5 Å². The molecule has 3 fully saturated rings. The SMILES string of the molecule is CC1C(CN2CCC3(CC2)C(=O)NCN3c2ccccc2)OC(c2cccc(-c3cccc(CNC(=O)c4ccccc4)c3)c2)OC1c1ccc(CO)cc1. The third kappa shape index (κ3) is 7.79. The third-order valence-electron chi connectivity index (χ3n) is 11.6. The van der Waals surface area contributed by atoms with Crippen LogP contribution in [-0.2, 0) is 27.4 Å². The van der Waals surface area contributed by atoms with Crippen molar-refractivity contribution in [3.8, 4) is 11.1 Å². The van der Waals surface area contributed by atoms with Gasteiger partial charge < -0.3 is 35.0 Å². The minimum atomic E-state index is -0.609. The van der Waals surface area contributed by atoms with Crippen molar-refractivity contribution in [3.05, 3.63) is 161 Å². The number of para-hydroxylation sites is 1. The van der Waals surface area contributed by atoms with E-state index in [0.29, 0.717) is 25.3 Å². The number of benzene rings is 5. The summed E-state index contributed by atoms with van der Waals surface area (Å²) >= 11 is 0. The molecule has 282 valence electrons. The van der Waals surface area contributed by atoms with Crippen LogP contribution in [0.5, 0.6) is 0 Å². The van der Waals surface area contributed by atoms with Crippen molar-refractivity contribution in [2.75, 3.05) is 31.2 Å². The van der Waals surface area contributed by atoms with Crippen LogP contribution >= 0.6 is 0 Å². The standard InChI is InChI=1S/C46H48N4O5/c1-32-41(29-49-24-22-46(23-25-49)45(53)48-31-50(46)40-16-6-3-7-17-40)54-44(55-42(32)35-20-18-33(30-51)19-21-35)39-15-9-14-38(27-39)37-13-8-10-34(26-37)28-47-43(52)36-11-4-2-5-12-36/h2-21,26-27,32,41-42,44,51H,22-25,28-31H2,1H3,(H,47,52)(H,48,53). The van der Waals surface area contributed by atoms with Gasteiger partial charge in [0.15, 0.2) is 6.29 Å². The number of amides is 2. The fourth-order valence-electron chi connectivity index (χ4n) is 8.32. The van der Waals surface area contributed by atoms with Gasteiger partial charge in [-0.15, -0.1) is 0 Å². The molecule has 3 N–H and O–H groups in total. The lowest BCUT2D eigenvalue weighted by molar-refractivity contribution is -0.276. The van der Waals surface area contributed by atoms with Gasteiger partial charge in [0, 0.05) is 48.9 Å². The minimum Gasteiger partial charge on any atom is -0.392 e. The van der Waals surface area contributed by atoms with Gasteiger partial charge in [-0.3, -0.25) is 9.59 Å². The Balaban J connectivity index is 1.00. The van der Waals surface area contributed by atoms with Gasteiger partial charge in [-0.25, -0.2) is 0 Å². The first kappa shape index (κ1) is 36.6. The molecular formula is C46H48N4O5. The average molecular weight is 737 g/mol. The molecule has 0 radical (unpaired) electrons. The molecule has 3 aliphatic rings. The highest BCUT2D eigenvalue weighted by Gasteiger charge is 2.51. The molecule has 2 amide bonds. The maximum absolute atomic E-state index is 13.3. The molecule has 9 nitrogen and oxygen atoms in total. The lowest BCUT2D eigenvalue weighted by atomic mass is 9.84. The van der Waals surface area contributed by atoms with Gasteiger partial charge in [0.2, 0.25) is 5.91 Å². The monoisotopic (exact) mass is 736 g/mol. The van der Waals surface area contributed by atoms with Crippen LogP contribution < -0.4 is 15.5 Å². The first-order valence-corrected chi connectivity index (χ1v) is 19.3. The highest BCUT2D eigenvalue weighted by molar-refractivity contribution is 5.94. The van der Waals surface area contributed by atoms with E-state index < -0.39 is 11.8 Å². The number of anilines is 1. The summed E-state index contributed by atoms with van der Waals surface area (Å²) in [6.45, 7) is 5.39. The molecule has 0 bridgehead atoms. The fraction of sp³-hybridized carbons (Fsp3) is 0.304. The number of carbonyl (C=O) groups excluding carboxylic acids is 2. The van der Waals surface area contributed by atoms with Crippen LogP contribution in [0.2, 0.25) is 0 Å². The first-order valence-electron chi connectivity index (χ1n) is 19.3. The minimum absolute atomic E-state index is 0.0146. The van der Waals surface area contributed by atoms with Gasteiger partial charge in [-0.1, -0.05) is 104 Å². The zero-order valence-corrected chi connectivity index (χ0v) is 31.1. The van der Waals surface area contributed by atoms with Crippen molar-refractivity contribution in [3.63, 3.8) is 0 Å². The average Bonchev–Trinajstić information content (AvgIpc) is 3.56. The van der Waals surface area contributed by atoms with Crippen LogP contribution in [0.4, 0.5) is 5.69 Å². The molecule has 3 aliphatic heterocycles. The quantitative estimate of drug-likeness (QED) is 0.142. The van der Waals surface area contributed by atoms with Crippen LogP contribution in [0.3, 0.4) is 0 Å². The lowest BCUT2D eigenvalue weighted by Crippen LogP contribution is -2.57. The summed E-state index contributed by atoms with van der Waals surface area (Å²) in [6, 6.07) is 44.0. The summed E-state index contributed by atoms with van der Waals surface area (Å²) in [6.07, 6.45) is 0.484. The van der Waals surface area contributed by atoms with Crippen LogP contribution in [0.1, 0.15) is 64.8 Å². The Morgan fingerprint density at radius 1 is 0.800 bits per heavy atom. The fourth-order valence-corrected chi connectivity index (χ4v) is 8.32. The summed E-state index contributed by atoms with van der Waals surface area (Å²) < 4.78 is 13.7. The molecule has 9 heteroatoms. The Hall–Kier alpha value is -5.32. The Kier molecular flexibility index (Phi) is 10.8. The summed E-state index contributed by atoms with van der Waals surface area (Å²) in [5.74, 6) is 0.0420. The smallest absolute Gasteiger partial charge is 0.251 e. The Bertz CT molecular complexity index is 2090. The number of hydrogen-bond acceptors (Lipinski definition) is 7. The van der Waals surface area contributed by atoms with E-state index in [4.69, 9.17) is 9.47 Å². The Labute approximate surface area is 322 Å². The van der Waals surface area contributed by atoms with Gasteiger partial charge >= 0.3 is 0 Å². The van der Waals surface area contributed by atoms with Gasteiger partial charge in [-0.05, 0) is 77.1 Å². The van der Waals surface area contributed by atoms with Crippen molar-refractivity contribution >= 4 is 17.5 Å². The van der Waals surface area contributed by atoms with Crippen molar-refractivity contribution in [1.29, 1.82) is 0 Å². The second-order valence-corrected chi connectivity index (χ2v) is 15.0. The largest absolute Gasteiger partial charge is 0.392 e. The highest BCUT2D eigenvalue weighted by atomic mass is 16.7. The lowest BCUT2D eigenvalue weighted by Gasteiger charge is -2.46. The zero-order valence-electron chi connectivity index (χ0n) is 31.1. The van der Waals surface area contributed by atoms with E-state index in [2.05, 4.69) is 69.8 Å². The summed E-state index contributed by atoms with van der Waals surface area (Å²) in [4.78, 5) is 30.7. The van der Waals surface area contributed by atoms with Crippen molar-refractivity contribution in [1.82, 2.24) is 15.5 Å². The molecule has 8 rings (SSSR count). The number of nitrogens with zero attached hydrogens (tertiary/aromatic N) is 2. The third-order valence-corrected chi connectivity index (χ3v) is 11.6. The normalized spacial score (nSPS) is 22.4. The van der Waals surface area contributed by atoms with E-state index in [1.807, 2.05) is 91.0 Å². The molecule has 5 aromatic carbocycles. The van der Waals surface area contributed by atoms with E-state index in [1.54, 1.807) is 0 Å². The van der Waals surface area contributed by atoms with Crippen molar-refractivity contribution in [2.45, 2.75) is 57.0 Å². The number of aliphatic hydroxyl groups excluding tert-OH is 1. The number of aliphatic hydroxyl groups is 1. The molecule has 55 heavy (non-hydrogen) atoms. The van der Waals surface area contributed by atoms with E-state index in [0.717, 1.165) is 65.0 Å². The van der Waals surface area contributed by atoms with Crippen molar-refractivity contribution < 1.29 is 24.2 Å². The Morgan fingerprint density at radius 3 is 2.22 bits per heavy atom. The second kappa shape index (κ2) is 16.2.